The standard InChI is InChI=1S/C16H12N4O/c1-11-18-14-8-7-12(9-15(14)21-11)16-19-17-10-20(16)13-5-3-2-4-6-13/h2-10H,1H3. The van der Waals surface area contributed by atoms with E-state index in [2.05, 4.69) is 15.2 Å². The molecule has 2 heterocycles. The van der Waals surface area contributed by atoms with Gasteiger partial charge in [0.2, 0.25) is 0 Å². The molecule has 0 aliphatic rings. The second kappa shape index (κ2) is 4.56. The quantitative estimate of drug-likeness (QED) is 0.563. The predicted octanol–water partition coefficient (Wildman–Crippen LogP) is 3.38. The van der Waals surface area contributed by atoms with Crippen LogP contribution in [0.3, 0.4) is 0 Å². The molecule has 0 saturated heterocycles. The van der Waals surface area contributed by atoms with Gasteiger partial charge in [-0.1, -0.05) is 18.2 Å². The SMILES string of the molecule is Cc1nc2ccc(-c3nncn3-c3ccccc3)cc2o1. The lowest BCUT2D eigenvalue weighted by atomic mass is 10.2. The molecule has 5 heteroatoms. The van der Waals surface area contributed by atoms with E-state index in [0.29, 0.717) is 5.89 Å². The van der Waals surface area contributed by atoms with Crippen LogP contribution in [0.25, 0.3) is 28.2 Å². The average molecular weight is 276 g/mol. The van der Waals surface area contributed by atoms with E-state index in [1.165, 1.54) is 0 Å². The van der Waals surface area contributed by atoms with Crippen LogP contribution in [-0.4, -0.2) is 19.7 Å². The normalized spacial score (nSPS) is 11.1. The minimum atomic E-state index is 0.659. The highest BCUT2D eigenvalue weighted by molar-refractivity contribution is 5.78. The third-order valence-electron chi connectivity index (χ3n) is 3.34. The molecule has 2 aromatic heterocycles. The lowest BCUT2D eigenvalue weighted by Gasteiger charge is -2.06. The minimum Gasteiger partial charge on any atom is -0.441 e. The van der Waals surface area contributed by atoms with Crippen LogP contribution in [0.2, 0.25) is 0 Å². The van der Waals surface area contributed by atoms with Crippen LogP contribution in [0, 0.1) is 6.92 Å². The summed E-state index contributed by atoms with van der Waals surface area (Å²) in [6.45, 7) is 1.84. The molecule has 0 atom stereocenters. The van der Waals surface area contributed by atoms with Gasteiger partial charge in [-0.3, -0.25) is 4.57 Å². The monoisotopic (exact) mass is 276 g/mol. The number of oxazole rings is 1. The number of para-hydroxylation sites is 1. The summed E-state index contributed by atoms with van der Waals surface area (Å²) in [7, 11) is 0. The Labute approximate surface area is 120 Å². The lowest BCUT2D eigenvalue weighted by molar-refractivity contribution is 0.561. The van der Waals surface area contributed by atoms with E-state index in [1.807, 2.05) is 60.0 Å². The second-order valence-corrected chi connectivity index (χ2v) is 4.78. The Morgan fingerprint density at radius 1 is 1.05 bits per heavy atom. The molecule has 0 fully saturated rings. The average Bonchev–Trinajstić information content (AvgIpc) is 3.12. The number of hydrogen-bond donors (Lipinski definition) is 0. The van der Waals surface area contributed by atoms with Crippen LogP contribution in [0.4, 0.5) is 0 Å². The highest BCUT2D eigenvalue weighted by atomic mass is 16.3. The van der Waals surface area contributed by atoms with Crippen molar-refractivity contribution in [3.63, 3.8) is 0 Å². The molecule has 0 bridgehead atoms. The summed E-state index contributed by atoms with van der Waals surface area (Å²) in [5.41, 5.74) is 3.57. The van der Waals surface area contributed by atoms with E-state index in [9.17, 15) is 0 Å². The minimum absolute atomic E-state index is 0.659. The van der Waals surface area contributed by atoms with Gasteiger partial charge in [0, 0.05) is 18.2 Å². The maximum absolute atomic E-state index is 5.58. The van der Waals surface area contributed by atoms with Crippen LogP contribution in [-0.2, 0) is 0 Å². The molecule has 0 saturated carbocycles. The van der Waals surface area contributed by atoms with Crippen molar-refractivity contribution in [1.29, 1.82) is 0 Å². The van der Waals surface area contributed by atoms with Gasteiger partial charge in [0.05, 0.1) is 0 Å². The Balaban J connectivity index is 1.87. The highest BCUT2D eigenvalue weighted by Gasteiger charge is 2.11. The maximum Gasteiger partial charge on any atom is 0.192 e. The van der Waals surface area contributed by atoms with Crippen molar-refractivity contribution < 1.29 is 4.42 Å². The molecule has 4 aromatic rings. The van der Waals surface area contributed by atoms with Gasteiger partial charge in [-0.25, -0.2) is 4.98 Å². The highest BCUT2D eigenvalue weighted by Crippen LogP contribution is 2.25. The summed E-state index contributed by atoms with van der Waals surface area (Å²) >= 11 is 0. The molecule has 5 nitrogen and oxygen atoms in total. The van der Waals surface area contributed by atoms with E-state index >= 15 is 0 Å². The van der Waals surface area contributed by atoms with Crippen molar-refractivity contribution in [2.75, 3.05) is 0 Å². The Kier molecular flexibility index (Phi) is 2.57. The molecule has 0 unspecified atom stereocenters. The predicted molar refractivity (Wildman–Crippen MR) is 79.1 cm³/mol. The van der Waals surface area contributed by atoms with Crippen LogP contribution in [0.5, 0.6) is 0 Å². The summed E-state index contributed by atoms with van der Waals surface area (Å²) in [6, 6.07) is 15.9. The molecule has 0 amide bonds. The fourth-order valence-electron chi connectivity index (χ4n) is 2.39. The van der Waals surface area contributed by atoms with Gasteiger partial charge in [0.1, 0.15) is 11.8 Å². The molecule has 102 valence electrons. The molecule has 2 aromatic carbocycles. The Morgan fingerprint density at radius 2 is 1.90 bits per heavy atom. The fraction of sp³-hybridized carbons (Fsp3) is 0.0625. The van der Waals surface area contributed by atoms with Gasteiger partial charge < -0.3 is 4.42 Å². The van der Waals surface area contributed by atoms with Crippen molar-refractivity contribution in [3.8, 4) is 17.1 Å². The molecule has 0 aliphatic carbocycles. The zero-order chi connectivity index (χ0) is 14.2. The first-order chi connectivity index (χ1) is 10.3. The van der Waals surface area contributed by atoms with Crippen molar-refractivity contribution in [2.24, 2.45) is 0 Å². The number of benzene rings is 2. The van der Waals surface area contributed by atoms with Gasteiger partial charge in [-0.15, -0.1) is 10.2 Å². The first-order valence-corrected chi connectivity index (χ1v) is 6.64. The number of nitrogens with zero attached hydrogens (tertiary/aromatic N) is 4. The van der Waals surface area contributed by atoms with Crippen LogP contribution in [0.1, 0.15) is 5.89 Å². The molecule has 21 heavy (non-hydrogen) atoms. The molecule has 0 spiro atoms. The van der Waals surface area contributed by atoms with E-state index in [-0.39, 0.29) is 0 Å². The van der Waals surface area contributed by atoms with Crippen LogP contribution in [0.15, 0.2) is 59.3 Å². The van der Waals surface area contributed by atoms with E-state index < -0.39 is 0 Å². The van der Waals surface area contributed by atoms with Crippen LogP contribution < -0.4 is 0 Å². The zero-order valence-electron chi connectivity index (χ0n) is 11.4. The van der Waals surface area contributed by atoms with Crippen molar-refractivity contribution in [1.82, 2.24) is 19.7 Å². The summed E-state index contributed by atoms with van der Waals surface area (Å²) in [5, 5.41) is 8.25. The Bertz CT molecular complexity index is 908. The van der Waals surface area contributed by atoms with Gasteiger partial charge in [0.25, 0.3) is 0 Å². The van der Waals surface area contributed by atoms with Crippen molar-refractivity contribution in [3.05, 3.63) is 60.7 Å². The number of aryl methyl sites for hydroxylation is 1. The number of aromatic nitrogens is 4. The smallest absolute Gasteiger partial charge is 0.192 e. The topological polar surface area (TPSA) is 56.7 Å². The zero-order valence-corrected chi connectivity index (χ0v) is 11.4. The van der Waals surface area contributed by atoms with Crippen molar-refractivity contribution in [2.45, 2.75) is 6.92 Å². The second-order valence-electron chi connectivity index (χ2n) is 4.78. The summed E-state index contributed by atoms with van der Waals surface area (Å²) < 4.78 is 7.53. The number of rotatable bonds is 2. The van der Waals surface area contributed by atoms with E-state index in [4.69, 9.17) is 4.42 Å². The third-order valence-corrected chi connectivity index (χ3v) is 3.34. The molecular weight excluding hydrogens is 264 g/mol. The Hall–Kier alpha value is -2.95. The van der Waals surface area contributed by atoms with Crippen LogP contribution >= 0.6 is 0 Å². The largest absolute Gasteiger partial charge is 0.441 e. The van der Waals surface area contributed by atoms with Gasteiger partial charge in [0.15, 0.2) is 17.3 Å². The van der Waals surface area contributed by atoms with E-state index in [1.54, 1.807) is 6.33 Å². The molecular formula is C16H12N4O. The van der Waals surface area contributed by atoms with Gasteiger partial charge in [-0.05, 0) is 30.3 Å². The summed E-state index contributed by atoms with van der Waals surface area (Å²) in [4.78, 5) is 4.31. The van der Waals surface area contributed by atoms with Gasteiger partial charge in [-0.2, -0.15) is 0 Å². The van der Waals surface area contributed by atoms with Gasteiger partial charge >= 0.3 is 0 Å². The lowest BCUT2D eigenvalue weighted by Crippen LogP contribution is -1.95. The van der Waals surface area contributed by atoms with E-state index in [0.717, 1.165) is 28.2 Å². The fourth-order valence-corrected chi connectivity index (χ4v) is 2.39. The first kappa shape index (κ1) is 11.8. The number of fused-ring (bicyclic) bond motifs is 1. The molecule has 4 rings (SSSR count). The summed E-state index contributed by atoms with van der Waals surface area (Å²) in [6.07, 6.45) is 1.71. The third kappa shape index (κ3) is 1.99. The molecule has 0 aliphatic heterocycles. The summed E-state index contributed by atoms with van der Waals surface area (Å²) in [5.74, 6) is 1.43. The maximum atomic E-state index is 5.58. The molecule has 0 N–H and O–H groups in total. The molecule has 0 radical (unpaired) electrons. The number of hydrogen-bond acceptors (Lipinski definition) is 4. The van der Waals surface area contributed by atoms with Crippen molar-refractivity contribution >= 4 is 11.1 Å². The Morgan fingerprint density at radius 3 is 2.76 bits per heavy atom. The first-order valence-electron chi connectivity index (χ1n) is 6.64.